The summed E-state index contributed by atoms with van der Waals surface area (Å²) in [6.45, 7) is 4.20. The highest BCUT2D eigenvalue weighted by atomic mass is 32.1. The van der Waals surface area contributed by atoms with Crippen molar-refractivity contribution in [2.45, 2.75) is 44.8 Å². The van der Waals surface area contributed by atoms with E-state index in [1.807, 2.05) is 13.8 Å². The van der Waals surface area contributed by atoms with Crippen LogP contribution < -0.4 is 5.73 Å². The van der Waals surface area contributed by atoms with Crippen LogP contribution in [0.1, 0.15) is 37.0 Å². The van der Waals surface area contributed by atoms with Crippen LogP contribution in [0.2, 0.25) is 0 Å². The molecule has 6 nitrogen and oxygen atoms in total. The monoisotopic (exact) mass is 294 g/mol. The lowest BCUT2D eigenvalue weighted by atomic mass is 9.95. The molecule has 3 rings (SSSR count). The molecule has 7 heteroatoms. The molecule has 2 aromatic rings. The highest BCUT2D eigenvalue weighted by Crippen LogP contribution is 2.27. The fourth-order valence-electron chi connectivity index (χ4n) is 1.91. The van der Waals surface area contributed by atoms with Crippen LogP contribution in [0, 0.1) is 6.92 Å². The molecule has 2 N–H and O–H groups in total. The summed E-state index contributed by atoms with van der Waals surface area (Å²) < 4.78 is 11.0. The number of aryl methyl sites for hydroxylation is 1. The maximum Gasteiger partial charge on any atom is 0.269 e. The van der Waals surface area contributed by atoms with Crippen molar-refractivity contribution in [2.75, 3.05) is 6.61 Å². The third-order valence-corrected chi connectivity index (χ3v) is 4.34. The van der Waals surface area contributed by atoms with E-state index in [2.05, 4.69) is 15.1 Å². The lowest BCUT2D eigenvalue weighted by molar-refractivity contribution is -0.0222. The second-order valence-electron chi connectivity index (χ2n) is 5.45. The maximum absolute atomic E-state index is 6.24. The van der Waals surface area contributed by atoms with Gasteiger partial charge in [0.2, 0.25) is 0 Å². The van der Waals surface area contributed by atoms with Crippen molar-refractivity contribution in [2.24, 2.45) is 5.73 Å². The zero-order valence-corrected chi connectivity index (χ0v) is 12.4. The zero-order valence-electron chi connectivity index (χ0n) is 11.6. The summed E-state index contributed by atoms with van der Waals surface area (Å²) in [5.74, 6) is 0.934. The molecule has 0 aromatic carbocycles. The lowest BCUT2D eigenvalue weighted by Crippen LogP contribution is -2.41. The smallest absolute Gasteiger partial charge is 0.269 e. The molecule has 2 heterocycles. The summed E-state index contributed by atoms with van der Waals surface area (Å²) in [4.78, 5) is 9.41. The molecule has 0 bridgehead atoms. The van der Waals surface area contributed by atoms with Gasteiger partial charge < -0.3 is 15.0 Å². The summed E-state index contributed by atoms with van der Waals surface area (Å²) in [5, 5.41) is 4.94. The van der Waals surface area contributed by atoms with Crippen molar-refractivity contribution in [1.82, 2.24) is 15.1 Å². The third kappa shape index (κ3) is 2.74. The summed E-state index contributed by atoms with van der Waals surface area (Å²) in [7, 11) is 0. The zero-order chi connectivity index (χ0) is 14.2. The molecule has 0 saturated heterocycles. The summed E-state index contributed by atoms with van der Waals surface area (Å²) >= 11 is 1.52. The molecular formula is C13H18N4O2S. The molecule has 0 amide bonds. The molecule has 0 spiro atoms. The Hall–Kier alpha value is -1.31. The average Bonchev–Trinajstić information content (AvgIpc) is 2.94. The number of hydrogen-bond donors (Lipinski definition) is 1. The van der Waals surface area contributed by atoms with Gasteiger partial charge in [0.1, 0.15) is 10.4 Å². The number of nitrogens with two attached hydrogens (primary N) is 1. The number of hydrogen-bond acceptors (Lipinski definition) is 7. The third-order valence-electron chi connectivity index (χ3n) is 3.44. The lowest BCUT2D eigenvalue weighted by Gasteiger charge is -2.29. The van der Waals surface area contributed by atoms with Gasteiger partial charge in [0.05, 0.1) is 23.9 Å². The first-order chi connectivity index (χ1) is 9.54. The van der Waals surface area contributed by atoms with Gasteiger partial charge in [-0.3, -0.25) is 0 Å². The summed E-state index contributed by atoms with van der Waals surface area (Å²) in [5.41, 5.74) is 5.50. The van der Waals surface area contributed by atoms with Gasteiger partial charge in [-0.05, 0) is 33.1 Å². The molecule has 1 aliphatic carbocycles. The molecule has 108 valence electrons. The van der Waals surface area contributed by atoms with Crippen molar-refractivity contribution in [1.29, 1.82) is 0 Å². The first-order valence-corrected chi connectivity index (χ1v) is 7.54. The molecule has 0 aliphatic heterocycles. The molecule has 1 unspecified atom stereocenters. The minimum Gasteiger partial charge on any atom is -0.376 e. The van der Waals surface area contributed by atoms with E-state index < -0.39 is 5.54 Å². The molecule has 1 atom stereocenters. The molecule has 20 heavy (non-hydrogen) atoms. The summed E-state index contributed by atoms with van der Waals surface area (Å²) in [6.07, 6.45) is 5.55. The minimum atomic E-state index is -0.739. The van der Waals surface area contributed by atoms with Gasteiger partial charge in [-0.15, -0.1) is 11.3 Å². The van der Waals surface area contributed by atoms with E-state index in [1.54, 1.807) is 6.20 Å². The maximum atomic E-state index is 6.24. The van der Waals surface area contributed by atoms with E-state index in [-0.39, 0.29) is 0 Å². The fourth-order valence-corrected chi connectivity index (χ4v) is 2.61. The largest absolute Gasteiger partial charge is 0.376 e. The molecule has 1 saturated carbocycles. The van der Waals surface area contributed by atoms with E-state index >= 15 is 0 Å². The van der Waals surface area contributed by atoms with Gasteiger partial charge in [0.25, 0.3) is 5.89 Å². The van der Waals surface area contributed by atoms with Gasteiger partial charge in [0, 0.05) is 0 Å². The Morgan fingerprint density at radius 3 is 2.95 bits per heavy atom. The van der Waals surface area contributed by atoms with Crippen molar-refractivity contribution < 1.29 is 9.26 Å². The Morgan fingerprint density at radius 2 is 2.35 bits per heavy atom. The quantitative estimate of drug-likeness (QED) is 0.910. The van der Waals surface area contributed by atoms with Crippen LogP contribution in [0.3, 0.4) is 0 Å². The Kier molecular flexibility index (Phi) is 3.57. The number of ether oxygens (including phenoxy) is 1. The van der Waals surface area contributed by atoms with Gasteiger partial charge in [0.15, 0.2) is 5.82 Å². The molecule has 1 fully saturated rings. The van der Waals surface area contributed by atoms with Crippen molar-refractivity contribution in [3.8, 4) is 10.8 Å². The number of rotatable bonds is 5. The van der Waals surface area contributed by atoms with Crippen LogP contribution in [0.4, 0.5) is 0 Å². The summed E-state index contributed by atoms with van der Waals surface area (Å²) in [6, 6.07) is 0. The van der Waals surface area contributed by atoms with E-state index in [9.17, 15) is 0 Å². The second kappa shape index (κ2) is 5.23. The first-order valence-electron chi connectivity index (χ1n) is 6.72. The van der Waals surface area contributed by atoms with Gasteiger partial charge in [-0.2, -0.15) is 4.98 Å². The molecule has 1 aliphatic rings. The highest BCUT2D eigenvalue weighted by molar-refractivity contribution is 7.14. The van der Waals surface area contributed by atoms with Crippen LogP contribution in [-0.2, 0) is 10.3 Å². The predicted molar refractivity (Wildman–Crippen MR) is 75.3 cm³/mol. The van der Waals surface area contributed by atoms with Crippen LogP contribution >= 0.6 is 11.3 Å². The van der Waals surface area contributed by atoms with Crippen LogP contribution in [0.15, 0.2) is 10.7 Å². The highest BCUT2D eigenvalue weighted by Gasteiger charge is 2.31. The van der Waals surface area contributed by atoms with E-state index in [0.29, 0.717) is 24.4 Å². The SMILES string of the molecule is Cc1ncc(-c2nc(C(C)(N)COC3CCC3)no2)s1. The Bertz CT molecular complexity index is 589. The van der Waals surface area contributed by atoms with E-state index in [0.717, 1.165) is 22.7 Å². The topological polar surface area (TPSA) is 87.1 Å². The number of nitrogens with zero attached hydrogens (tertiary/aromatic N) is 3. The predicted octanol–water partition coefficient (Wildman–Crippen LogP) is 2.24. The Labute approximate surface area is 121 Å². The molecule has 0 radical (unpaired) electrons. The van der Waals surface area contributed by atoms with Crippen molar-refractivity contribution in [3.63, 3.8) is 0 Å². The Balaban J connectivity index is 1.71. The van der Waals surface area contributed by atoms with E-state index in [4.69, 9.17) is 15.0 Å². The molecule has 2 aromatic heterocycles. The van der Waals surface area contributed by atoms with Gasteiger partial charge in [-0.25, -0.2) is 4.98 Å². The van der Waals surface area contributed by atoms with Crippen molar-refractivity contribution in [3.05, 3.63) is 17.0 Å². The van der Waals surface area contributed by atoms with Gasteiger partial charge >= 0.3 is 0 Å². The number of aromatic nitrogens is 3. The second-order valence-corrected chi connectivity index (χ2v) is 6.68. The van der Waals surface area contributed by atoms with Crippen LogP contribution in [-0.4, -0.2) is 27.8 Å². The normalized spacial score (nSPS) is 18.8. The van der Waals surface area contributed by atoms with Crippen molar-refractivity contribution >= 4 is 11.3 Å². The molecular weight excluding hydrogens is 276 g/mol. The number of thiazole rings is 1. The fraction of sp³-hybridized carbons (Fsp3) is 0.615. The van der Waals surface area contributed by atoms with E-state index in [1.165, 1.54) is 17.8 Å². The van der Waals surface area contributed by atoms with Gasteiger partial charge in [-0.1, -0.05) is 5.16 Å². The standard InChI is InChI=1S/C13H18N4O2S/c1-8-15-6-10(20-8)11-16-12(17-19-11)13(2,14)7-18-9-4-3-5-9/h6,9H,3-5,7,14H2,1-2H3. The minimum absolute atomic E-state index is 0.341. The average molecular weight is 294 g/mol. The van der Waals surface area contributed by atoms with Crippen LogP contribution in [0.25, 0.3) is 10.8 Å². The first kappa shape index (κ1) is 13.7. The Morgan fingerprint density at radius 1 is 1.55 bits per heavy atom. The van der Waals surface area contributed by atoms with Crippen LogP contribution in [0.5, 0.6) is 0 Å².